The molecule has 0 saturated heterocycles. The van der Waals surface area contributed by atoms with Crippen LogP contribution >= 0.6 is 0 Å². The zero-order valence-electron chi connectivity index (χ0n) is 13.7. The van der Waals surface area contributed by atoms with Gasteiger partial charge < -0.3 is 14.8 Å². The summed E-state index contributed by atoms with van der Waals surface area (Å²) in [4.78, 5) is 7.34. The predicted octanol–water partition coefficient (Wildman–Crippen LogP) is 2.53. The van der Waals surface area contributed by atoms with Crippen molar-refractivity contribution < 1.29 is 0 Å². The molecule has 2 heterocycles. The third-order valence-electron chi connectivity index (χ3n) is 4.97. The maximum Gasteiger partial charge on any atom is 0.112 e. The average molecular weight is 290 g/mol. The van der Waals surface area contributed by atoms with Gasteiger partial charge in [-0.05, 0) is 39.9 Å². The van der Waals surface area contributed by atoms with Gasteiger partial charge in [-0.15, -0.1) is 0 Å². The second-order valence-corrected chi connectivity index (χ2v) is 6.93. The van der Waals surface area contributed by atoms with Crippen LogP contribution < -0.4 is 5.32 Å². The van der Waals surface area contributed by atoms with Crippen molar-refractivity contribution in [3.63, 3.8) is 0 Å². The van der Waals surface area contributed by atoms with E-state index in [2.05, 4.69) is 28.9 Å². The molecule has 2 aliphatic rings. The Morgan fingerprint density at radius 1 is 1.24 bits per heavy atom. The molecule has 0 unspecified atom stereocenters. The van der Waals surface area contributed by atoms with Crippen LogP contribution in [0.25, 0.3) is 0 Å². The molecule has 1 aromatic rings. The third-order valence-corrected chi connectivity index (χ3v) is 4.97. The molecule has 1 fully saturated rings. The number of imidazole rings is 1. The summed E-state index contributed by atoms with van der Waals surface area (Å²) in [5.74, 6) is 2.12. The van der Waals surface area contributed by atoms with E-state index in [1.807, 2.05) is 0 Å². The number of nitrogens with one attached hydrogen (secondary N) is 1. The maximum absolute atomic E-state index is 5.06. The van der Waals surface area contributed by atoms with E-state index in [1.165, 1.54) is 55.7 Å². The summed E-state index contributed by atoms with van der Waals surface area (Å²) in [7, 11) is 4.32. The van der Waals surface area contributed by atoms with Gasteiger partial charge in [-0.1, -0.05) is 19.3 Å². The van der Waals surface area contributed by atoms with Gasteiger partial charge in [0.25, 0.3) is 0 Å². The van der Waals surface area contributed by atoms with Gasteiger partial charge in [-0.2, -0.15) is 0 Å². The molecule has 1 aliphatic carbocycles. The van der Waals surface area contributed by atoms with Gasteiger partial charge in [0.05, 0.1) is 5.69 Å². The fourth-order valence-electron chi connectivity index (χ4n) is 3.86. The van der Waals surface area contributed by atoms with Crippen molar-refractivity contribution in [2.24, 2.45) is 0 Å². The number of nitrogens with zero attached hydrogens (tertiary/aromatic N) is 3. The van der Waals surface area contributed by atoms with E-state index in [1.54, 1.807) is 0 Å². The normalized spacial score (nSPS) is 20.0. The highest BCUT2D eigenvalue weighted by Gasteiger charge is 2.25. The highest BCUT2D eigenvalue weighted by atomic mass is 15.1. The second-order valence-electron chi connectivity index (χ2n) is 6.93. The first kappa shape index (κ1) is 15.0. The zero-order chi connectivity index (χ0) is 14.7. The average Bonchev–Trinajstić information content (AvgIpc) is 2.87. The summed E-state index contributed by atoms with van der Waals surface area (Å²) in [5.41, 5.74) is 2.85. The molecule has 0 atom stereocenters. The van der Waals surface area contributed by atoms with Crippen LogP contribution in [0, 0.1) is 0 Å². The molecule has 0 amide bonds. The quantitative estimate of drug-likeness (QED) is 0.904. The van der Waals surface area contributed by atoms with Crippen LogP contribution in [0.2, 0.25) is 0 Å². The molecule has 0 spiro atoms. The van der Waals surface area contributed by atoms with Crippen LogP contribution in [-0.2, 0) is 19.5 Å². The minimum Gasteiger partial charge on any atom is -0.331 e. The Hall–Kier alpha value is -0.870. The predicted molar refractivity (Wildman–Crippen MR) is 86.6 cm³/mol. The Kier molecular flexibility index (Phi) is 4.96. The van der Waals surface area contributed by atoms with Crippen molar-refractivity contribution in [3.05, 3.63) is 17.2 Å². The molecule has 0 bridgehead atoms. The van der Waals surface area contributed by atoms with Crippen LogP contribution in [0.5, 0.6) is 0 Å². The smallest absolute Gasteiger partial charge is 0.112 e. The van der Waals surface area contributed by atoms with Crippen LogP contribution in [0.4, 0.5) is 0 Å². The molecule has 118 valence electrons. The Balaban J connectivity index is 1.81. The van der Waals surface area contributed by atoms with Crippen molar-refractivity contribution in [3.8, 4) is 0 Å². The minimum absolute atomic E-state index is 0.712. The van der Waals surface area contributed by atoms with Crippen LogP contribution in [0.1, 0.15) is 61.7 Å². The maximum atomic E-state index is 5.06. The number of hydrogen-bond donors (Lipinski definition) is 1. The molecular weight excluding hydrogens is 260 g/mol. The van der Waals surface area contributed by atoms with E-state index in [0.717, 1.165) is 32.6 Å². The van der Waals surface area contributed by atoms with E-state index >= 15 is 0 Å². The summed E-state index contributed by atoms with van der Waals surface area (Å²) < 4.78 is 2.59. The molecule has 1 saturated carbocycles. The lowest BCUT2D eigenvalue weighted by Crippen LogP contribution is -2.25. The van der Waals surface area contributed by atoms with E-state index in [0.29, 0.717) is 5.92 Å². The van der Waals surface area contributed by atoms with Gasteiger partial charge in [0.1, 0.15) is 5.82 Å². The van der Waals surface area contributed by atoms with Gasteiger partial charge in [0, 0.05) is 37.7 Å². The van der Waals surface area contributed by atoms with Gasteiger partial charge >= 0.3 is 0 Å². The lowest BCUT2D eigenvalue weighted by molar-refractivity contribution is 0.372. The SMILES string of the molecule is CN(C)CCCn1c(C2CCCCC2)nc2c1CCNC2. The van der Waals surface area contributed by atoms with Gasteiger partial charge in [-0.25, -0.2) is 4.98 Å². The standard InChI is InChI=1S/C17H30N4/c1-20(2)11-6-12-21-16-9-10-18-13-15(16)19-17(21)14-7-4-3-5-8-14/h14,18H,3-13H2,1-2H3. The third kappa shape index (κ3) is 3.49. The Labute approximate surface area is 128 Å². The van der Waals surface area contributed by atoms with Gasteiger partial charge in [0.2, 0.25) is 0 Å². The molecular formula is C17H30N4. The van der Waals surface area contributed by atoms with E-state index < -0.39 is 0 Å². The van der Waals surface area contributed by atoms with Crippen molar-refractivity contribution >= 4 is 0 Å². The summed E-state index contributed by atoms with van der Waals surface area (Å²) in [6.45, 7) is 4.38. The minimum atomic E-state index is 0.712. The van der Waals surface area contributed by atoms with Crippen LogP contribution in [0.15, 0.2) is 0 Å². The first-order chi connectivity index (χ1) is 10.3. The Bertz CT molecular complexity index is 458. The summed E-state index contributed by atoms with van der Waals surface area (Å²) >= 11 is 0. The van der Waals surface area contributed by atoms with E-state index in [9.17, 15) is 0 Å². The van der Waals surface area contributed by atoms with Crippen LogP contribution in [-0.4, -0.2) is 41.6 Å². The lowest BCUT2D eigenvalue weighted by atomic mass is 9.88. The topological polar surface area (TPSA) is 33.1 Å². The number of rotatable bonds is 5. The molecule has 4 nitrogen and oxygen atoms in total. The Morgan fingerprint density at radius 2 is 2.05 bits per heavy atom. The number of aromatic nitrogens is 2. The Morgan fingerprint density at radius 3 is 2.81 bits per heavy atom. The van der Waals surface area contributed by atoms with Crippen molar-refractivity contribution in [1.29, 1.82) is 0 Å². The molecule has 1 aliphatic heterocycles. The highest BCUT2D eigenvalue weighted by molar-refractivity contribution is 5.22. The van der Waals surface area contributed by atoms with Crippen LogP contribution in [0.3, 0.4) is 0 Å². The summed E-state index contributed by atoms with van der Waals surface area (Å²) in [5, 5.41) is 3.47. The molecule has 21 heavy (non-hydrogen) atoms. The highest BCUT2D eigenvalue weighted by Crippen LogP contribution is 2.33. The first-order valence-corrected chi connectivity index (χ1v) is 8.69. The van der Waals surface area contributed by atoms with Crippen molar-refractivity contribution in [2.75, 3.05) is 27.2 Å². The molecule has 4 heteroatoms. The molecule has 0 radical (unpaired) electrons. The van der Waals surface area contributed by atoms with E-state index in [4.69, 9.17) is 4.98 Å². The molecule has 3 rings (SSSR count). The fourth-order valence-corrected chi connectivity index (χ4v) is 3.86. The molecule has 1 N–H and O–H groups in total. The molecule has 1 aromatic heterocycles. The molecule has 0 aromatic carbocycles. The van der Waals surface area contributed by atoms with E-state index in [-0.39, 0.29) is 0 Å². The second kappa shape index (κ2) is 6.93. The van der Waals surface area contributed by atoms with Gasteiger partial charge in [-0.3, -0.25) is 0 Å². The fraction of sp³-hybridized carbons (Fsp3) is 0.824. The number of fused-ring (bicyclic) bond motifs is 1. The monoisotopic (exact) mass is 290 g/mol. The van der Waals surface area contributed by atoms with Gasteiger partial charge in [0.15, 0.2) is 0 Å². The largest absolute Gasteiger partial charge is 0.331 e. The summed E-state index contributed by atoms with van der Waals surface area (Å²) in [6, 6.07) is 0. The number of hydrogen-bond acceptors (Lipinski definition) is 3. The zero-order valence-corrected chi connectivity index (χ0v) is 13.7. The lowest BCUT2D eigenvalue weighted by Gasteiger charge is -2.23. The first-order valence-electron chi connectivity index (χ1n) is 8.69. The summed E-state index contributed by atoms with van der Waals surface area (Å²) in [6.07, 6.45) is 9.25. The van der Waals surface area contributed by atoms with Crippen molar-refractivity contribution in [1.82, 2.24) is 19.8 Å². The van der Waals surface area contributed by atoms with Crippen molar-refractivity contribution in [2.45, 2.75) is 64.0 Å².